The lowest BCUT2D eigenvalue weighted by Crippen LogP contribution is -2.60. The van der Waals surface area contributed by atoms with Gasteiger partial charge in [-0.25, -0.2) is 4.79 Å². The lowest BCUT2D eigenvalue weighted by atomic mass is 10.0. The first-order valence-electron chi connectivity index (χ1n) is 8.76. The molecule has 2 unspecified atom stereocenters. The van der Waals surface area contributed by atoms with Crippen LogP contribution in [0.3, 0.4) is 0 Å². The number of benzene rings is 1. The molecule has 1 aromatic carbocycles. The lowest BCUT2D eigenvalue weighted by molar-refractivity contribution is -0.145. The Morgan fingerprint density at radius 2 is 1.82 bits per heavy atom. The maximum atomic E-state index is 12.5. The van der Waals surface area contributed by atoms with Gasteiger partial charge in [0, 0.05) is 7.11 Å². The summed E-state index contributed by atoms with van der Waals surface area (Å²) in [6, 6.07) is 8.00. The van der Waals surface area contributed by atoms with Crippen molar-refractivity contribution in [1.82, 2.24) is 10.6 Å². The van der Waals surface area contributed by atoms with Crippen LogP contribution in [0.2, 0.25) is 0 Å². The van der Waals surface area contributed by atoms with Gasteiger partial charge in [0.15, 0.2) is 6.04 Å². The van der Waals surface area contributed by atoms with E-state index in [1.165, 1.54) is 21.0 Å². The first kappa shape index (κ1) is 23.9. The van der Waals surface area contributed by atoms with Gasteiger partial charge in [-0.1, -0.05) is 30.3 Å². The van der Waals surface area contributed by atoms with E-state index in [0.717, 1.165) is 5.56 Å². The van der Waals surface area contributed by atoms with E-state index in [0.29, 0.717) is 0 Å². The van der Waals surface area contributed by atoms with Crippen molar-refractivity contribution in [2.75, 3.05) is 13.7 Å². The number of ether oxygens (including phenoxy) is 2. The average molecular weight is 413 g/mol. The van der Waals surface area contributed by atoms with Crippen LogP contribution in [0.5, 0.6) is 0 Å². The summed E-state index contributed by atoms with van der Waals surface area (Å²) < 4.78 is 10.5. The van der Waals surface area contributed by atoms with Crippen molar-refractivity contribution in [3.63, 3.8) is 0 Å². The molecule has 0 spiro atoms. The SMILES string of the molecule is COC(C)C(S)C(=O)NC(C)(C)C(=O)N[C@@H](COCc1ccccc1)C(=O)O. The van der Waals surface area contributed by atoms with Crippen molar-refractivity contribution in [1.29, 1.82) is 0 Å². The number of rotatable bonds is 11. The highest BCUT2D eigenvalue weighted by Gasteiger charge is 2.35. The molecule has 0 saturated heterocycles. The van der Waals surface area contributed by atoms with Gasteiger partial charge in [-0.15, -0.1) is 0 Å². The molecule has 0 radical (unpaired) electrons. The highest BCUT2D eigenvalue weighted by molar-refractivity contribution is 7.81. The Bertz CT molecular complexity index is 668. The molecular weight excluding hydrogens is 384 g/mol. The molecule has 0 bridgehead atoms. The average Bonchev–Trinajstić information content (AvgIpc) is 2.66. The van der Waals surface area contributed by atoms with E-state index in [2.05, 4.69) is 23.3 Å². The number of amides is 2. The minimum atomic E-state index is -1.35. The summed E-state index contributed by atoms with van der Waals surface area (Å²) in [7, 11) is 1.45. The molecule has 0 aliphatic rings. The third-order valence-corrected chi connectivity index (χ3v) is 4.74. The molecule has 0 heterocycles. The Kier molecular flexibility index (Phi) is 9.44. The van der Waals surface area contributed by atoms with Gasteiger partial charge in [0.2, 0.25) is 11.8 Å². The summed E-state index contributed by atoms with van der Waals surface area (Å²) in [5.41, 5.74) is -0.462. The van der Waals surface area contributed by atoms with E-state index >= 15 is 0 Å². The monoisotopic (exact) mass is 412 g/mol. The fourth-order valence-electron chi connectivity index (χ4n) is 2.16. The van der Waals surface area contributed by atoms with E-state index < -0.39 is 40.7 Å². The highest BCUT2D eigenvalue weighted by Crippen LogP contribution is 2.10. The third kappa shape index (κ3) is 7.49. The molecule has 2 amide bonds. The Morgan fingerprint density at radius 1 is 1.21 bits per heavy atom. The molecule has 9 heteroatoms. The molecule has 0 saturated carbocycles. The summed E-state index contributed by atoms with van der Waals surface area (Å²) in [6.07, 6.45) is -0.458. The normalized spacial score (nSPS) is 14.6. The molecule has 0 aromatic heterocycles. The predicted octanol–water partition coefficient (Wildman–Crippen LogP) is 1.00. The maximum absolute atomic E-state index is 12.5. The molecule has 3 atom stereocenters. The number of carbonyl (C=O) groups is 3. The van der Waals surface area contributed by atoms with Crippen LogP contribution in [-0.2, 0) is 30.5 Å². The molecule has 1 rings (SSSR count). The van der Waals surface area contributed by atoms with Crippen molar-refractivity contribution in [3.8, 4) is 0 Å². The van der Waals surface area contributed by atoms with Crippen LogP contribution in [0.15, 0.2) is 30.3 Å². The number of carboxylic acid groups (broad SMARTS) is 1. The van der Waals surface area contributed by atoms with E-state index in [1.54, 1.807) is 6.92 Å². The Labute approximate surface area is 170 Å². The van der Waals surface area contributed by atoms with E-state index in [1.807, 2.05) is 30.3 Å². The van der Waals surface area contributed by atoms with E-state index in [9.17, 15) is 19.5 Å². The Morgan fingerprint density at radius 3 is 2.36 bits per heavy atom. The second-order valence-electron chi connectivity index (χ2n) is 6.86. The van der Waals surface area contributed by atoms with Crippen LogP contribution < -0.4 is 10.6 Å². The topological polar surface area (TPSA) is 114 Å². The number of carbonyl (C=O) groups excluding carboxylic acids is 2. The Balaban J connectivity index is 2.63. The van der Waals surface area contributed by atoms with Crippen LogP contribution in [-0.4, -0.2) is 59.5 Å². The summed E-state index contributed by atoms with van der Waals surface area (Å²) in [5, 5.41) is 13.5. The largest absolute Gasteiger partial charge is 0.480 e. The quantitative estimate of drug-likeness (QED) is 0.403. The van der Waals surface area contributed by atoms with Gasteiger partial charge < -0.3 is 25.2 Å². The predicted molar refractivity (Wildman–Crippen MR) is 107 cm³/mol. The number of carboxylic acids is 1. The lowest BCUT2D eigenvalue weighted by Gasteiger charge is -2.29. The van der Waals surface area contributed by atoms with Gasteiger partial charge in [-0.3, -0.25) is 9.59 Å². The molecule has 8 nitrogen and oxygen atoms in total. The molecule has 156 valence electrons. The minimum absolute atomic E-state index is 0.212. The van der Waals surface area contributed by atoms with Gasteiger partial charge in [0.05, 0.1) is 19.3 Å². The van der Waals surface area contributed by atoms with Crippen molar-refractivity contribution < 1.29 is 29.0 Å². The first-order chi connectivity index (χ1) is 13.1. The maximum Gasteiger partial charge on any atom is 0.328 e. The number of hydrogen-bond acceptors (Lipinski definition) is 6. The second-order valence-corrected chi connectivity index (χ2v) is 7.42. The molecule has 0 aliphatic heterocycles. The number of nitrogens with one attached hydrogen (secondary N) is 2. The zero-order chi connectivity index (χ0) is 21.3. The van der Waals surface area contributed by atoms with E-state index in [4.69, 9.17) is 9.47 Å². The van der Waals surface area contributed by atoms with Crippen LogP contribution >= 0.6 is 12.6 Å². The minimum Gasteiger partial charge on any atom is -0.480 e. The van der Waals surface area contributed by atoms with Crippen molar-refractivity contribution >= 4 is 30.4 Å². The third-order valence-electron chi connectivity index (χ3n) is 4.09. The fraction of sp³-hybridized carbons (Fsp3) is 0.526. The zero-order valence-corrected chi connectivity index (χ0v) is 17.4. The van der Waals surface area contributed by atoms with Gasteiger partial charge in [0.1, 0.15) is 10.8 Å². The molecule has 3 N–H and O–H groups in total. The Hall–Kier alpha value is -2.10. The number of methoxy groups -OCH3 is 1. The number of aliphatic carboxylic acids is 1. The molecular formula is C19H28N2O6S. The highest BCUT2D eigenvalue weighted by atomic mass is 32.1. The molecule has 28 heavy (non-hydrogen) atoms. The van der Waals surface area contributed by atoms with Crippen molar-refractivity contribution in [2.24, 2.45) is 0 Å². The van der Waals surface area contributed by atoms with E-state index in [-0.39, 0.29) is 13.2 Å². The second kappa shape index (κ2) is 11.0. The number of hydrogen-bond donors (Lipinski definition) is 4. The zero-order valence-electron chi connectivity index (χ0n) is 16.5. The van der Waals surface area contributed by atoms with Crippen LogP contribution in [0, 0.1) is 0 Å². The first-order valence-corrected chi connectivity index (χ1v) is 9.28. The van der Waals surface area contributed by atoms with Gasteiger partial charge >= 0.3 is 5.97 Å². The number of thiol groups is 1. The van der Waals surface area contributed by atoms with Gasteiger partial charge in [-0.2, -0.15) is 12.6 Å². The summed E-state index contributed by atoms with van der Waals surface area (Å²) >= 11 is 4.18. The van der Waals surface area contributed by atoms with Crippen LogP contribution in [0.25, 0.3) is 0 Å². The smallest absolute Gasteiger partial charge is 0.328 e. The van der Waals surface area contributed by atoms with Crippen LogP contribution in [0.1, 0.15) is 26.3 Å². The summed E-state index contributed by atoms with van der Waals surface area (Å²) in [4.78, 5) is 36.2. The summed E-state index contributed by atoms with van der Waals surface area (Å²) in [6.45, 7) is 4.63. The van der Waals surface area contributed by atoms with Gasteiger partial charge in [0.25, 0.3) is 0 Å². The standard InChI is InChI=1S/C19H28N2O6S/c1-12(26-4)15(28)16(22)21-19(2,3)18(25)20-14(17(23)24)11-27-10-13-8-6-5-7-9-13/h5-9,12,14-15,28H,10-11H2,1-4H3,(H,20,25)(H,21,22)(H,23,24)/t12?,14-,15?/m0/s1. The van der Waals surface area contributed by atoms with Crippen molar-refractivity contribution in [2.45, 2.75) is 50.3 Å². The fourth-order valence-corrected chi connectivity index (χ4v) is 2.35. The molecule has 1 aromatic rings. The van der Waals surface area contributed by atoms with Gasteiger partial charge in [-0.05, 0) is 26.3 Å². The van der Waals surface area contributed by atoms with Crippen LogP contribution in [0.4, 0.5) is 0 Å². The summed E-state index contributed by atoms with van der Waals surface area (Å²) in [5.74, 6) is -2.38. The van der Waals surface area contributed by atoms with Crippen molar-refractivity contribution in [3.05, 3.63) is 35.9 Å². The molecule has 0 fully saturated rings. The molecule has 0 aliphatic carbocycles.